The van der Waals surface area contributed by atoms with E-state index in [2.05, 4.69) is 5.32 Å². The number of carbonyl (C=O) groups excluding carboxylic acids is 3. The second-order valence-corrected chi connectivity index (χ2v) is 13.3. The molecule has 44 heavy (non-hydrogen) atoms. The topological polar surface area (TPSA) is 163 Å². The van der Waals surface area contributed by atoms with Gasteiger partial charge in [-0.15, -0.1) is 0 Å². The zero-order valence-electron chi connectivity index (χ0n) is 27.4. The van der Waals surface area contributed by atoms with Crippen molar-refractivity contribution in [3.8, 4) is 0 Å². The average molecular weight is 622 g/mol. The number of nitrogens with one attached hydrogen (secondary N) is 1. The van der Waals surface area contributed by atoms with E-state index in [1.807, 2.05) is 58.0 Å². The highest BCUT2D eigenvalue weighted by atomic mass is 16.5. The zero-order chi connectivity index (χ0) is 33.1. The van der Waals surface area contributed by atoms with E-state index in [1.54, 1.807) is 13.8 Å². The number of aliphatic hydroxyl groups excluding tert-OH is 4. The predicted octanol–water partition coefficient (Wildman–Crippen LogP) is 3.17. The van der Waals surface area contributed by atoms with Gasteiger partial charge in [0.15, 0.2) is 0 Å². The van der Waals surface area contributed by atoms with Gasteiger partial charge in [-0.25, -0.2) is 4.79 Å². The van der Waals surface area contributed by atoms with Crippen molar-refractivity contribution in [1.29, 1.82) is 0 Å². The third kappa shape index (κ3) is 12.1. The smallest absolute Gasteiger partial charge is 0.329 e. The molecule has 12 atom stereocenters. The Morgan fingerprint density at radius 2 is 1.64 bits per heavy atom. The molecule has 2 rings (SSSR count). The molecule has 1 aromatic carbocycles. The number of rotatable bonds is 11. The van der Waals surface area contributed by atoms with Crippen LogP contribution in [0.1, 0.15) is 86.1 Å². The highest BCUT2D eigenvalue weighted by Gasteiger charge is 2.37. The molecule has 0 aromatic heterocycles. The summed E-state index contributed by atoms with van der Waals surface area (Å²) in [5.74, 6) is -2.94. The van der Waals surface area contributed by atoms with Gasteiger partial charge in [-0.2, -0.15) is 0 Å². The number of esters is 2. The van der Waals surface area contributed by atoms with Crippen molar-refractivity contribution in [1.82, 2.24) is 5.32 Å². The van der Waals surface area contributed by atoms with Crippen LogP contribution in [0.3, 0.4) is 0 Å². The first-order chi connectivity index (χ1) is 20.6. The van der Waals surface area contributed by atoms with E-state index in [-0.39, 0.29) is 49.4 Å². The number of amides is 1. The molecule has 0 spiro atoms. The summed E-state index contributed by atoms with van der Waals surface area (Å²) in [5.41, 5.74) is 0.839. The number of hydrogen-bond acceptors (Lipinski definition) is 9. The fraction of sp³-hybridized carbons (Fsp3) is 0.735. The van der Waals surface area contributed by atoms with Crippen molar-refractivity contribution in [2.24, 2.45) is 29.6 Å². The Bertz CT molecular complexity index is 1030. The van der Waals surface area contributed by atoms with E-state index < -0.39 is 66.4 Å². The predicted molar refractivity (Wildman–Crippen MR) is 166 cm³/mol. The van der Waals surface area contributed by atoms with Crippen LogP contribution in [0.5, 0.6) is 0 Å². The summed E-state index contributed by atoms with van der Waals surface area (Å²) in [4.78, 5) is 38.3. The van der Waals surface area contributed by atoms with Crippen LogP contribution in [-0.2, 0) is 30.3 Å². The van der Waals surface area contributed by atoms with Crippen molar-refractivity contribution in [3.63, 3.8) is 0 Å². The number of hydrogen-bond donors (Lipinski definition) is 5. The Morgan fingerprint density at radius 1 is 1.00 bits per heavy atom. The fourth-order valence-corrected chi connectivity index (χ4v) is 6.51. The first kappa shape index (κ1) is 37.7. The van der Waals surface area contributed by atoms with Crippen molar-refractivity contribution in [2.75, 3.05) is 0 Å². The first-order valence-corrected chi connectivity index (χ1v) is 16.0. The highest BCUT2D eigenvalue weighted by molar-refractivity contribution is 5.85. The standard InChI is InChI=1S/C34H55NO9/c1-19-13-21(3)33(22(4)14-20(2)32(41)24(6)30(15-23(5)36)43-25(7)37)44-34(42)28(16-26-11-9-8-10-12-26)35-31(40)18-27(38)17-29(19)39/h8-12,19-24,27-30,32-33,36,38-39,41H,13-18H2,1-7H3,(H,35,40)/t19-,20+,21-,22+,23+,24-,27+,28+,29+,30-,32+,33-/m1/s1. The van der Waals surface area contributed by atoms with Gasteiger partial charge in [-0.3, -0.25) is 9.59 Å². The highest BCUT2D eigenvalue weighted by Crippen LogP contribution is 2.33. The molecule has 1 aromatic rings. The molecule has 10 heteroatoms. The number of carbonyl (C=O) groups is 3. The molecule has 0 unspecified atom stereocenters. The third-order valence-electron chi connectivity index (χ3n) is 8.95. The van der Waals surface area contributed by atoms with Gasteiger partial charge in [-0.1, -0.05) is 65.0 Å². The molecular formula is C34H55NO9. The van der Waals surface area contributed by atoms with Gasteiger partial charge in [0.1, 0.15) is 18.2 Å². The molecule has 1 amide bonds. The van der Waals surface area contributed by atoms with Crippen molar-refractivity contribution in [3.05, 3.63) is 35.9 Å². The summed E-state index contributed by atoms with van der Waals surface area (Å²) < 4.78 is 11.6. The Morgan fingerprint density at radius 3 is 2.23 bits per heavy atom. The van der Waals surface area contributed by atoms with Gasteiger partial charge in [0, 0.05) is 25.7 Å². The molecule has 10 nitrogen and oxygen atoms in total. The molecule has 0 saturated carbocycles. The molecule has 1 aliphatic heterocycles. The van der Waals surface area contributed by atoms with E-state index in [9.17, 15) is 34.8 Å². The van der Waals surface area contributed by atoms with Crippen LogP contribution in [-0.4, -0.2) is 80.9 Å². The minimum atomic E-state index is -1.06. The number of aliphatic hydroxyl groups is 4. The summed E-state index contributed by atoms with van der Waals surface area (Å²) >= 11 is 0. The molecule has 1 saturated heterocycles. The SMILES string of the molecule is CC(=O)O[C@H](C[C@H](C)O)[C@@H](C)[C@@H](O)[C@@H](C)C[C@H](C)[C@@H]1OC(=O)[C@H](Cc2ccccc2)NC(=O)C[C@@H](O)C[C@H](O)[C@H](C)C[C@H]1C. The molecule has 250 valence electrons. The number of cyclic esters (lactones) is 1. The third-order valence-corrected chi connectivity index (χ3v) is 8.95. The van der Waals surface area contributed by atoms with Crippen LogP contribution in [0.15, 0.2) is 30.3 Å². The van der Waals surface area contributed by atoms with Gasteiger partial charge >= 0.3 is 11.9 Å². The Hall–Kier alpha value is -2.53. The maximum atomic E-state index is 13.7. The van der Waals surface area contributed by atoms with Crippen LogP contribution in [0.25, 0.3) is 0 Å². The molecule has 5 N–H and O–H groups in total. The van der Waals surface area contributed by atoms with E-state index in [0.29, 0.717) is 12.8 Å². The second kappa shape index (κ2) is 17.8. The van der Waals surface area contributed by atoms with Crippen LogP contribution in [0, 0.1) is 29.6 Å². The van der Waals surface area contributed by atoms with E-state index >= 15 is 0 Å². The Labute approximate surface area is 262 Å². The maximum Gasteiger partial charge on any atom is 0.329 e. The van der Waals surface area contributed by atoms with E-state index in [4.69, 9.17) is 9.47 Å². The van der Waals surface area contributed by atoms with Gasteiger partial charge < -0.3 is 35.2 Å². The van der Waals surface area contributed by atoms with Crippen LogP contribution < -0.4 is 5.32 Å². The Balaban J connectivity index is 2.32. The van der Waals surface area contributed by atoms with E-state index in [0.717, 1.165) is 5.56 Å². The summed E-state index contributed by atoms with van der Waals surface area (Å²) in [6, 6.07) is 8.31. The molecule has 1 fully saturated rings. The zero-order valence-corrected chi connectivity index (χ0v) is 27.4. The summed E-state index contributed by atoms with van der Waals surface area (Å²) in [7, 11) is 0. The molecule has 0 bridgehead atoms. The lowest BCUT2D eigenvalue weighted by Crippen LogP contribution is -2.47. The lowest BCUT2D eigenvalue weighted by Gasteiger charge is -2.36. The summed E-state index contributed by atoms with van der Waals surface area (Å²) in [6.07, 6.45) is -3.55. The summed E-state index contributed by atoms with van der Waals surface area (Å²) in [6.45, 7) is 12.4. The van der Waals surface area contributed by atoms with E-state index in [1.165, 1.54) is 6.92 Å². The van der Waals surface area contributed by atoms with Crippen molar-refractivity contribution >= 4 is 17.8 Å². The normalized spacial score (nSPS) is 29.7. The minimum absolute atomic E-state index is 0.0384. The molecule has 1 aliphatic rings. The number of benzene rings is 1. The van der Waals surface area contributed by atoms with Crippen LogP contribution in [0.2, 0.25) is 0 Å². The summed E-state index contributed by atoms with van der Waals surface area (Å²) in [5, 5.41) is 45.3. The van der Waals surface area contributed by atoms with Crippen molar-refractivity contribution in [2.45, 2.75) is 130 Å². The van der Waals surface area contributed by atoms with Gasteiger partial charge in [0.2, 0.25) is 5.91 Å². The molecular weight excluding hydrogens is 566 g/mol. The maximum absolute atomic E-state index is 13.7. The molecule has 0 radical (unpaired) electrons. The average Bonchev–Trinajstić information content (AvgIpc) is 2.93. The first-order valence-electron chi connectivity index (χ1n) is 16.0. The largest absolute Gasteiger partial charge is 0.462 e. The van der Waals surface area contributed by atoms with Gasteiger partial charge in [-0.05, 0) is 55.4 Å². The second-order valence-electron chi connectivity index (χ2n) is 13.3. The lowest BCUT2D eigenvalue weighted by atomic mass is 9.78. The van der Waals surface area contributed by atoms with Gasteiger partial charge in [0.05, 0.1) is 30.8 Å². The fourth-order valence-electron chi connectivity index (χ4n) is 6.51. The van der Waals surface area contributed by atoms with Crippen LogP contribution in [0.4, 0.5) is 0 Å². The lowest BCUT2D eigenvalue weighted by molar-refractivity contribution is -0.160. The van der Waals surface area contributed by atoms with Crippen molar-refractivity contribution < 1.29 is 44.3 Å². The van der Waals surface area contributed by atoms with Crippen LogP contribution >= 0.6 is 0 Å². The number of ether oxygens (including phenoxy) is 2. The Kier molecular flexibility index (Phi) is 15.3. The minimum Gasteiger partial charge on any atom is -0.462 e. The van der Waals surface area contributed by atoms with Gasteiger partial charge in [0.25, 0.3) is 0 Å². The monoisotopic (exact) mass is 621 g/mol. The molecule has 0 aliphatic carbocycles. The molecule has 1 heterocycles. The quantitative estimate of drug-likeness (QED) is 0.234.